The molecule has 1 N–H and O–H groups in total. The quantitative estimate of drug-likeness (QED) is 0.943. The third-order valence-electron chi connectivity index (χ3n) is 4.74. The number of amides is 1. The van der Waals surface area contributed by atoms with Crippen LogP contribution in [0.2, 0.25) is 0 Å². The summed E-state index contributed by atoms with van der Waals surface area (Å²) in [5.41, 5.74) is 2.87. The molecule has 3 atom stereocenters. The summed E-state index contributed by atoms with van der Waals surface area (Å²) >= 11 is 0. The van der Waals surface area contributed by atoms with Gasteiger partial charge in [0.2, 0.25) is 11.8 Å². The first-order chi connectivity index (χ1) is 11.2. The summed E-state index contributed by atoms with van der Waals surface area (Å²) in [4.78, 5) is 16.7. The number of fused-ring (bicyclic) bond motifs is 2. The van der Waals surface area contributed by atoms with Crippen molar-refractivity contribution in [2.75, 3.05) is 0 Å². The van der Waals surface area contributed by atoms with Crippen LogP contribution in [0.3, 0.4) is 0 Å². The van der Waals surface area contributed by atoms with Crippen molar-refractivity contribution in [2.24, 2.45) is 5.92 Å². The molecule has 2 aromatic rings. The van der Waals surface area contributed by atoms with Crippen molar-refractivity contribution in [3.8, 4) is 11.5 Å². The molecule has 5 nitrogen and oxygen atoms in total. The number of rotatable bonds is 4. The number of aromatic nitrogens is 1. The van der Waals surface area contributed by atoms with E-state index in [2.05, 4.69) is 10.3 Å². The molecular formula is C18H20N2O3. The molecule has 5 heteroatoms. The van der Waals surface area contributed by atoms with Gasteiger partial charge in [0.05, 0.1) is 30.4 Å². The predicted molar refractivity (Wildman–Crippen MR) is 84.5 cm³/mol. The Bertz CT molecular complexity index is 707. The second-order valence-corrected chi connectivity index (χ2v) is 6.44. The third-order valence-corrected chi connectivity index (χ3v) is 4.74. The van der Waals surface area contributed by atoms with Gasteiger partial charge in [0.15, 0.2) is 0 Å². The van der Waals surface area contributed by atoms with Gasteiger partial charge in [0, 0.05) is 5.56 Å². The van der Waals surface area contributed by atoms with Gasteiger partial charge in [-0.2, -0.15) is 0 Å². The van der Waals surface area contributed by atoms with Crippen LogP contribution in [0.25, 0.3) is 11.5 Å². The Morgan fingerprint density at radius 1 is 1.30 bits per heavy atom. The van der Waals surface area contributed by atoms with Gasteiger partial charge in [-0.3, -0.25) is 4.79 Å². The van der Waals surface area contributed by atoms with Crippen molar-refractivity contribution in [1.29, 1.82) is 0 Å². The van der Waals surface area contributed by atoms with Crippen molar-refractivity contribution >= 4 is 5.91 Å². The Labute approximate surface area is 135 Å². The first kappa shape index (κ1) is 14.5. The third kappa shape index (κ3) is 2.88. The number of benzene rings is 1. The number of aryl methyl sites for hydroxylation is 1. The zero-order chi connectivity index (χ0) is 15.8. The average molecular weight is 312 g/mol. The van der Waals surface area contributed by atoms with Crippen LogP contribution in [0.15, 0.2) is 34.9 Å². The first-order valence-corrected chi connectivity index (χ1v) is 8.13. The van der Waals surface area contributed by atoms with Crippen molar-refractivity contribution in [3.63, 3.8) is 0 Å². The molecular weight excluding hydrogens is 292 g/mol. The molecule has 2 bridgehead atoms. The van der Waals surface area contributed by atoms with E-state index in [1.165, 1.54) is 5.56 Å². The lowest BCUT2D eigenvalue weighted by Gasteiger charge is -2.17. The second-order valence-electron chi connectivity index (χ2n) is 6.44. The molecule has 23 heavy (non-hydrogen) atoms. The van der Waals surface area contributed by atoms with Crippen LogP contribution >= 0.6 is 0 Å². The monoisotopic (exact) mass is 312 g/mol. The van der Waals surface area contributed by atoms with Crippen LogP contribution in [-0.2, 0) is 16.1 Å². The fourth-order valence-corrected chi connectivity index (χ4v) is 3.44. The average Bonchev–Trinajstić information content (AvgIpc) is 3.29. The topological polar surface area (TPSA) is 64.4 Å². The molecule has 0 radical (unpaired) electrons. The molecule has 2 fully saturated rings. The van der Waals surface area contributed by atoms with Gasteiger partial charge in [-0.25, -0.2) is 4.98 Å². The van der Waals surface area contributed by atoms with Crippen molar-refractivity contribution in [2.45, 2.75) is 44.9 Å². The Hall–Kier alpha value is -2.14. The molecule has 3 unspecified atom stereocenters. The van der Waals surface area contributed by atoms with Gasteiger partial charge in [-0.15, -0.1) is 0 Å². The summed E-state index contributed by atoms with van der Waals surface area (Å²) in [6.45, 7) is 2.43. The van der Waals surface area contributed by atoms with Gasteiger partial charge in [0.25, 0.3) is 0 Å². The van der Waals surface area contributed by atoms with Crippen molar-refractivity contribution < 1.29 is 13.9 Å². The van der Waals surface area contributed by atoms with Crippen LogP contribution in [0.4, 0.5) is 0 Å². The summed E-state index contributed by atoms with van der Waals surface area (Å²) in [6.07, 6.45) is 4.95. The fraction of sp³-hybridized carbons (Fsp3) is 0.444. The van der Waals surface area contributed by atoms with Gasteiger partial charge in [-0.1, -0.05) is 17.7 Å². The Morgan fingerprint density at radius 2 is 2.13 bits per heavy atom. The Balaban J connectivity index is 1.36. The minimum atomic E-state index is -0.00257. The lowest BCUT2D eigenvalue weighted by atomic mass is 9.88. The maximum atomic E-state index is 12.3. The van der Waals surface area contributed by atoms with E-state index >= 15 is 0 Å². The lowest BCUT2D eigenvalue weighted by Crippen LogP contribution is -2.35. The predicted octanol–water partition coefficient (Wildman–Crippen LogP) is 2.83. The normalized spacial score (nSPS) is 25.7. The van der Waals surface area contributed by atoms with E-state index in [-0.39, 0.29) is 24.0 Å². The van der Waals surface area contributed by atoms with Crippen LogP contribution < -0.4 is 5.32 Å². The van der Waals surface area contributed by atoms with E-state index < -0.39 is 0 Å². The molecule has 4 rings (SSSR count). The van der Waals surface area contributed by atoms with Crippen LogP contribution in [-0.4, -0.2) is 23.1 Å². The number of nitrogens with one attached hydrogen (secondary N) is 1. The van der Waals surface area contributed by atoms with Crippen LogP contribution in [0, 0.1) is 12.8 Å². The van der Waals surface area contributed by atoms with Crippen molar-refractivity contribution in [1.82, 2.24) is 10.3 Å². The van der Waals surface area contributed by atoms with E-state index in [0.717, 1.165) is 30.5 Å². The Morgan fingerprint density at radius 3 is 2.83 bits per heavy atom. The van der Waals surface area contributed by atoms with E-state index in [9.17, 15) is 4.79 Å². The number of ether oxygens (including phenoxy) is 1. The molecule has 2 aliphatic heterocycles. The zero-order valence-electron chi connectivity index (χ0n) is 13.1. The summed E-state index contributed by atoms with van der Waals surface area (Å²) in [5, 5.41) is 2.96. The molecule has 120 valence electrons. The zero-order valence-corrected chi connectivity index (χ0v) is 13.1. The van der Waals surface area contributed by atoms with E-state index in [1.54, 1.807) is 6.26 Å². The highest BCUT2D eigenvalue weighted by Crippen LogP contribution is 2.38. The van der Waals surface area contributed by atoms with E-state index in [1.807, 2.05) is 31.2 Å². The van der Waals surface area contributed by atoms with Gasteiger partial charge in [-0.05, 0) is 38.3 Å². The summed E-state index contributed by atoms with van der Waals surface area (Å²) in [5.74, 6) is 0.645. The van der Waals surface area contributed by atoms with E-state index in [4.69, 9.17) is 9.15 Å². The maximum Gasteiger partial charge on any atom is 0.226 e. The standard InChI is InChI=1S/C18H20N2O3/c1-11-2-4-12(5-3-11)18-20-13(10-22-18)9-19-17(21)15-8-14-6-7-16(15)23-14/h2-5,10,14-16H,6-9H2,1H3,(H,19,21). The second kappa shape index (κ2) is 5.81. The number of carbonyl (C=O) groups is 1. The van der Waals surface area contributed by atoms with Crippen molar-refractivity contribution in [3.05, 3.63) is 41.8 Å². The fourth-order valence-electron chi connectivity index (χ4n) is 3.44. The highest BCUT2D eigenvalue weighted by molar-refractivity contribution is 5.79. The smallest absolute Gasteiger partial charge is 0.226 e. The van der Waals surface area contributed by atoms with Crippen LogP contribution in [0.1, 0.15) is 30.5 Å². The minimum Gasteiger partial charge on any atom is -0.444 e. The number of carbonyl (C=O) groups excluding carboxylic acids is 1. The van der Waals surface area contributed by atoms with Gasteiger partial charge < -0.3 is 14.5 Å². The summed E-state index contributed by atoms with van der Waals surface area (Å²) in [7, 11) is 0. The number of hydrogen-bond donors (Lipinski definition) is 1. The molecule has 3 heterocycles. The number of oxazole rings is 1. The lowest BCUT2D eigenvalue weighted by molar-refractivity contribution is -0.126. The number of nitrogens with zero attached hydrogens (tertiary/aromatic N) is 1. The maximum absolute atomic E-state index is 12.3. The molecule has 0 aliphatic carbocycles. The largest absolute Gasteiger partial charge is 0.444 e. The molecule has 2 saturated heterocycles. The Kier molecular flexibility index (Phi) is 3.65. The van der Waals surface area contributed by atoms with E-state index in [0.29, 0.717) is 12.4 Å². The van der Waals surface area contributed by atoms with Gasteiger partial charge >= 0.3 is 0 Å². The molecule has 0 saturated carbocycles. The summed E-state index contributed by atoms with van der Waals surface area (Å²) < 4.78 is 11.2. The minimum absolute atomic E-state index is 0.00257. The SMILES string of the molecule is Cc1ccc(-c2nc(CNC(=O)C3CC4CCC3O4)co2)cc1. The van der Waals surface area contributed by atoms with Gasteiger partial charge in [0.1, 0.15) is 6.26 Å². The summed E-state index contributed by atoms with van der Waals surface area (Å²) in [6, 6.07) is 8.01. The molecule has 1 aromatic carbocycles. The molecule has 2 aliphatic rings. The van der Waals surface area contributed by atoms with Crippen LogP contribution in [0.5, 0.6) is 0 Å². The first-order valence-electron chi connectivity index (χ1n) is 8.13. The number of hydrogen-bond acceptors (Lipinski definition) is 4. The highest BCUT2D eigenvalue weighted by atomic mass is 16.5. The highest BCUT2D eigenvalue weighted by Gasteiger charge is 2.44. The molecule has 1 aromatic heterocycles. The molecule has 1 amide bonds. The molecule has 0 spiro atoms.